The molecule has 0 rings (SSSR count). The number of aliphatic carboxylic acids is 1. The molecule has 0 saturated heterocycles. The first-order valence-electron chi connectivity index (χ1n) is 2.60. The summed E-state index contributed by atoms with van der Waals surface area (Å²) in [5, 5.41) is 9.71. The van der Waals surface area contributed by atoms with Crippen LogP contribution in [0.25, 0.3) is 0 Å². The summed E-state index contributed by atoms with van der Waals surface area (Å²) in [6.07, 6.45) is 1.06. The minimum absolute atomic E-state index is 0.144. The molecule has 0 aliphatic heterocycles. The third-order valence-electron chi connectivity index (χ3n) is 0.533. The topological polar surface area (TPSA) is 83.5 Å². The zero-order valence-corrected chi connectivity index (χ0v) is 6.03. The summed E-state index contributed by atoms with van der Waals surface area (Å²) in [7, 11) is 1.56. The maximum absolute atomic E-state index is 9.95. The standard InChI is InChI=1S/C4H7NO.C2H2O3/c1-3-4(6)5-2;3-1-2(4)5/h3H,1H2,2H3,(H,5,6);1H,(H,4,5). The molecule has 0 aliphatic rings. The number of carboxylic acid groups (broad SMARTS) is 1. The number of likely N-dealkylation sites (N-methyl/N-ethyl adjacent to an activating group) is 1. The van der Waals surface area contributed by atoms with Gasteiger partial charge in [-0.3, -0.25) is 9.59 Å². The Hall–Kier alpha value is -1.65. The number of rotatable bonds is 2. The first-order chi connectivity index (χ1) is 5.08. The molecule has 0 heterocycles. The van der Waals surface area contributed by atoms with Crippen molar-refractivity contribution in [3.63, 3.8) is 0 Å². The van der Waals surface area contributed by atoms with Gasteiger partial charge in [0.2, 0.25) is 12.2 Å². The van der Waals surface area contributed by atoms with Crippen molar-refractivity contribution >= 4 is 18.2 Å². The summed E-state index contributed by atoms with van der Waals surface area (Å²) in [5.74, 6) is -1.57. The van der Waals surface area contributed by atoms with Gasteiger partial charge in [-0.2, -0.15) is 0 Å². The van der Waals surface area contributed by atoms with Gasteiger partial charge < -0.3 is 10.4 Å². The number of carboxylic acids is 1. The van der Waals surface area contributed by atoms with E-state index in [9.17, 15) is 4.79 Å². The number of carbonyl (C=O) groups excluding carboxylic acids is 2. The molecule has 0 atom stereocenters. The van der Waals surface area contributed by atoms with Gasteiger partial charge in [-0.15, -0.1) is 0 Å². The van der Waals surface area contributed by atoms with E-state index in [-0.39, 0.29) is 12.2 Å². The molecule has 2 N–H and O–H groups in total. The van der Waals surface area contributed by atoms with E-state index in [1.807, 2.05) is 0 Å². The highest BCUT2D eigenvalue weighted by atomic mass is 16.4. The van der Waals surface area contributed by atoms with Gasteiger partial charge in [0.05, 0.1) is 0 Å². The predicted molar refractivity (Wildman–Crippen MR) is 38.0 cm³/mol. The van der Waals surface area contributed by atoms with Crippen LogP contribution in [0.3, 0.4) is 0 Å². The van der Waals surface area contributed by atoms with E-state index in [0.717, 1.165) is 0 Å². The number of aldehydes is 1. The Labute approximate surface area is 63.7 Å². The Morgan fingerprint density at radius 2 is 1.91 bits per heavy atom. The normalized spacial score (nSPS) is 6.64. The fraction of sp³-hybridized carbons (Fsp3) is 0.167. The lowest BCUT2D eigenvalue weighted by Gasteiger charge is -1.82. The highest BCUT2D eigenvalue weighted by molar-refractivity contribution is 6.19. The third-order valence-corrected chi connectivity index (χ3v) is 0.533. The molecule has 5 nitrogen and oxygen atoms in total. The van der Waals surface area contributed by atoms with E-state index in [0.29, 0.717) is 0 Å². The van der Waals surface area contributed by atoms with Gasteiger partial charge in [-0.05, 0) is 6.08 Å². The van der Waals surface area contributed by atoms with Crippen LogP contribution in [0, 0.1) is 0 Å². The van der Waals surface area contributed by atoms with Gasteiger partial charge in [-0.25, -0.2) is 4.79 Å². The second-order valence-corrected chi connectivity index (χ2v) is 1.27. The summed E-state index contributed by atoms with van der Waals surface area (Å²) < 4.78 is 0. The number of hydrogen-bond acceptors (Lipinski definition) is 3. The van der Waals surface area contributed by atoms with E-state index < -0.39 is 5.97 Å². The lowest BCUT2D eigenvalue weighted by atomic mass is 10.6. The molecule has 5 heteroatoms. The largest absolute Gasteiger partial charge is 0.476 e. The van der Waals surface area contributed by atoms with Crippen molar-refractivity contribution in [2.75, 3.05) is 7.05 Å². The molecule has 1 amide bonds. The highest BCUT2D eigenvalue weighted by Gasteiger charge is 1.80. The van der Waals surface area contributed by atoms with Gasteiger partial charge in [0, 0.05) is 7.05 Å². The molecule has 0 bridgehead atoms. The van der Waals surface area contributed by atoms with Crippen molar-refractivity contribution in [1.82, 2.24) is 5.32 Å². The van der Waals surface area contributed by atoms with Crippen molar-refractivity contribution < 1.29 is 19.5 Å². The summed E-state index contributed by atoms with van der Waals surface area (Å²) in [4.78, 5) is 27.9. The van der Waals surface area contributed by atoms with Crippen LogP contribution in [0.1, 0.15) is 0 Å². The smallest absolute Gasteiger partial charge is 0.368 e. The maximum Gasteiger partial charge on any atom is 0.368 e. The number of nitrogens with one attached hydrogen (secondary N) is 1. The molecular formula is C6H9NO4. The molecule has 0 unspecified atom stereocenters. The Kier molecular flexibility index (Phi) is 9.16. The molecule has 62 valence electrons. The number of carbonyl (C=O) groups is 3. The van der Waals surface area contributed by atoms with Gasteiger partial charge >= 0.3 is 5.97 Å². The molecule has 0 aliphatic carbocycles. The van der Waals surface area contributed by atoms with Crippen LogP contribution in [0.5, 0.6) is 0 Å². The quantitative estimate of drug-likeness (QED) is 0.313. The van der Waals surface area contributed by atoms with Crippen LogP contribution in [0.15, 0.2) is 12.7 Å². The van der Waals surface area contributed by atoms with Crippen LogP contribution in [0.2, 0.25) is 0 Å². The van der Waals surface area contributed by atoms with Crippen LogP contribution in [0.4, 0.5) is 0 Å². The summed E-state index contributed by atoms with van der Waals surface area (Å²) in [5.41, 5.74) is 0. The lowest BCUT2D eigenvalue weighted by molar-refractivity contribution is -0.143. The van der Waals surface area contributed by atoms with Gasteiger partial charge in [0.15, 0.2) is 0 Å². The minimum Gasteiger partial charge on any atom is -0.476 e. The molecule has 0 spiro atoms. The Morgan fingerprint density at radius 1 is 1.55 bits per heavy atom. The highest BCUT2D eigenvalue weighted by Crippen LogP contribution is 1.56. The van der Waals surface area contributed by atoms with E-state index in [4.69, 9.17) is 14.7 Å². The molecule has 0 aromatic rings. The fourth-order valence-corrected chi connectivity index (χ4v) is 0.102. The minimum atomic E-state index is -1.43. The molecule has 0 aromatic heterocycles. The molecular weight excluding hydrogens is 150 g/mol. The number of hydrogen-bond donors (Lipinski definition) is 2. The van der Waals surface area contributed by atoms with Crippen molar-refractivity contribution in [3.8, 4) is 0 Å². The first-order valence-corrected chi connectivity index (χ1v) is 2.60. The fourth-order valence-electron chi connectivity index (χ4n) is 0.102. The molecule has 0 aromatic carbocycles. The predicted octanol–water partition coefficient (Wildman–Crippen LogP) is -0.812. The van der Waals surface area contributed by atoms with Crippen LogP contribution >= 0.6 is 0 Å². The second-order valence-electron chi connectivity index (χ2n) is 1.27. The van der Waals surface area contributed by atoms with Gasteiger partial charge in [0.25, 0.3) is 0 Å². The Balaban J connectivity index is 0. The van der Waals surface area contributed by atoms with Crippen molar-refractivity contribution in [1.29, 1.82) is 0 Å². The Morgan fingerprint density at radius 3 is 1.91 bits per heavy atom. The molecule has 0 fully saturated rings. The zero-order valence-electron chi connectivity index (χ0n) is 6.03. The van der Waals surface area contributed by atoms with Gasteiger partial charge in [-0.1, -0.05) is 6.58 Å². The Bertz CT molecular complexity index is 164. The average Bonchev–Trinajstić information content (AvgIpc) is 2.04. The van der Waals surface area contributed by atoms with Crippen LogP contribution in [-0.2, 0) is 14.4 Å². The van der Waals surface area contributed by atoms with E-state index in [1.165, 1.54) is 6.08 Å². The summed E-state index contributed by atoms with van der Waals surface area (Å²) >= 11 is 0. The lowest BCUT2D eigenvalue weighted by Crippen LogP contribution is -2.13. The summed E-state index contributed by atoms with van der Waals surface area (Å²) in [6.45, 7) is 3.22. The SMILES string of the molecule is C=CC(=O)NC.O=CC(=O)O. The first kappa shape index (κ1) is 12.1. The van der Waals surface area contributed by atoms with Crippen molar-refractivity contribution in [3.05, 3.63) is 12.7 Å². The van der Waals surface area contributed by atoms with E-state index in [1.54, 1.807) is 7.05 Å². The van der Waals surface area contributed by atoms with Crippen molar-refractivity contribution in [2.24, 2.45) is 0 Å². The molecule has 0 radical (unpaired) electrons. The van der Waals surface area contributed by atoms with Crippen LogP contribution < -0.4 is 5.32 Å². The average molecular weight is 159 g/mol. The molecule has 0 saturated carbocycles. The monoisotopic (exact) mass is 159 g/mol. The van der Waals surface area contributed by atoms with Gasteiger partial charge in [0.1, 0.15) is 0 Å². The molecule has 11 heavy (non-hydrogen) atoms. The third kappa shape index (κ3) is 17.8. The summed E-state index contributed by atoms with van der Waals surface area (Å²) in [6, 6.07) is 0. The van der Waals surface area contributed by atoms with Crippen molar-refractivity contribution in [2.45, 2.75) is 0 Å². The number of amides is 1. The van der Waals surface area contributed by atoms with E-state index in [2.05, 4.69) is 11.9 Å². The maximum atomic E-state index is 9.95. The second kappa shape index (κ2) is 8.35. The van der Waals surface area contributed by atoms with E-state index >= 15 is 0 Å². The van der Waals surface area contributed by atoms with Crippen LogP contribution in [-0.4, -0.2) is 30.3 Å². The zero-order chi connectivity index (χ0) is 9.28.